The van der Waals surface area contributed by atoms with Crippen LogP contribution in [0.2, 0.25) is 0 Å². The molecule has 4 rings (SSSR count). The van der Waals surface area contributed by atoms with E-state index in [9.17, 15) is 9.59 Å². The second kappa shape index (κ2) is 6.12. The molecule has 6 nitrogen and oxygen atoms in total. The van der Waals surface area contributed by atoms with Gasteiger partial charge in [0.15, 0.2) is 17.6 Å². The number of anilines is 1. The quantitative estimate of drug-likeness (QED) is 0.801. The van der Waals surface area contributed by atoms with E-state index in [-0.39, 0.29) is 12.6 Å². The van der Waals surface area contributed by atoms with E-state index in [1.165, 1.54) is 4.90 Å². The highest BCUT2D eigenvalue weighted by atomic mass is 16.6. The fourth-order valence-electron chi connectivity index (χ4n) is 3.07. The fourth-order valence-corrected chi connectivity index (χ4v) is 3.07. The van der Waals surface area contributed by atoms with Crippen LogP contribution in [0.15, 0.2) is 42.5 Å². The van der Waals surface area contributed by atoms with Gasteiger partial charge in [-0.15, -0.1) is 0 Å². The van der Waals surface area contributed by atoms with Crippen LogP contribution in [-0.2, 0) is 4.79 Å². The van der Waals surface area contributed by atoms with Crippen LogP contribution in [0.5, 0.6) is 17.2 Å². The van der Waals surface area contributed by atoms with Crippen molar-refractivity contribution in [2.24, 2.45) is 0 Å². The van der Waals surface area contributed by atoms with Crippen molar-refractivity contribution in [1.29, 1.82) is 0 Å². The minimum atomic E-state index is -0.550. The number of carbonyl (C=O) groups is 2. The maximum absolute atomic E-state index is 12.4. The van der Waals surface area contributed by atoms with E-state index in [1.54, 1.807) is 18.2 Å². The minimum Gasteiger partial charge on any atom is -0.494 e. The molecule has 6 heteroatoms. The molecule has 2 aliphatic heterocycles. The van der Waals surface area contributed by atoms with E-state index in [1.807, 2.05) is 31.2 Å². The summed E-state index contributed by atoms with van der Waals surface area (Å²) < 4.78 is 17.0. The summed E-state index contributed by atoms with van der Waals surface area (Å²) in [6.45, 7) is 2.93. The molecule has 1 amide bonds. The molecule has 2 aliphatic rings. The van der Waals surface area contributed by atoms with E-state index < -0.39 is 11.7 Å². The van der Waals surface area contributed by atoms with Gasteiger partial charge in [-0.1, -0.05) is 12.1 Å². The Bertz CT molecular complexity index is 847. The molecule has 2 heterocycles. The lowest BCUT2D eigenvalue weighted by atomic mass is 10.1. The first-order valence-electron chi connectivity index (χ1n) is 8.19. The number of carbonyl (C=O) groups excluding carboxylic acids is 2. The molecule has 2 aromatic rings. The van der Waals surface area contributed by atoms with Crippen molar-refractivity contribution < 1.29 is 23.8 Å². The molecule has 0 spiro atoms. The van der Waals surface area contributed by atoms with Crippen LogP contribution < -0.4 is 19.1 Å². The number of amides is 1. The average molecular weight is 339 g/mol. The van der Waals surface area contributed by atoms with Gasteiger partial charge < -0.3 is 19.1 Å². The van der Waals surface area contributed by atoms with Gasteiger partial charge >= 0.3 is 0 Å². The van der Waals surface area contributed by atoms with Crippen LogP contribution in [0.3, 0.4) is 0 Å². The zero-order chi connectivity index (χ0) is 17.4. The highest BCUT2D eigenvalue weighted by molar-refractivity contribution is 6.52. The van der Waals surface area contributed by atoms with E-state index in [2.05, 4.69) is 0 Å². The van der Waals surface area contributed by atoms with Crippen molar-refractivity contribution in [2.75, 3.05) is 24.7 Å². The highest BCUT2D eigenvalue weighted by Crippen LogP contribution is 2.35. The molecule has 1 atom stereocenters. The first kappa shape index (κ1) is 15.5. The SMILES string of the molecule is CCOc1ccc2c(c1)C(=O)C(=O)N2C[C@@H]1COc2ccccc2O1. The number of hydrogen-bond acceptors (Lipinski definition) is 5. The average Bonchev–Trinajstić information content (AvgIpc) is 2.87. The molecule has 0 aliphatic carbocycles. The molecule has 2 aromatic carbocycles. The molecular weight excluding hydrogens is 322 g/mol. The Morgan fingerprint density at radius 3 is 2.76 bits per heavy atom. The number of benzene rings is 2. The summed E-state index contributed by atoms with van der Waals surface area (Å²) in [6, 6.07) is 12.5. The summed E-state index contributed by atoms with van der Waals surface area (Å²) in [7, 11) is 0. The molecule has 0 fully saturated rings. The van der Waals surface area contributed by atoms with Gasteiger partial charge in [-0.3, -0.25) is 9.59 Å². The molecule has 0 aromatic heterocycles. The van der Waals surface area contributed by atoms with Crippen molar-refractivity contribution in [3.05, 3.63) is 48.0 Å². The van der Waals surface area contributed by atoms with Crippen molar-refractivity contribution in [1.82, 2.24) is 0 Å². The van der Waals surface area contributed by atoms with Gasteiger partial charge in [-0.25, -0.2) is 0 Å². The topological polar surface area (TPSA) is 65.1 Å². The van der Waals surface area contributed by atoms with E-state index in [0.717, 1.165) is 0 Å². The smallest absolute Gasteiger partial charge is 0.299 e. The first-order valence-corrected chi connectivity index (χ1v) is 8.19. The monoisotopic (exact) mass is 339 g/mol. The number of fused-ring (bicyclic) bond motifs is 2. The third kappa shape index (κ3) is 2.69. The second-order valence-corrected chi connectivity index (χ2v) is 5.85. The summed E-state index contributed by atoms with van der Waals surface area (Å²) >= 11 is 0. The van der Waals surface area contributed by atoms with Crippen molar-refractivity contribution >= 4 is 17.4 Å². The minimum absolute atomic E-state index is 0.250. The number of para-hydroxylation sites is 2. The summed E-state index contributed by atoms with van der Waals surface area (Å²) in [5, 5.41) is 0. The normalized spacial score (nSPS) is 18.3. The first-order chi connectivity index (χ1) is 12.2. The molecule has 0 saturated heterocycles. The standard InChI is InChI=1S/C19H17NO5/c1-2-23-12-7-8-15-14(9-12)18(21)19(22)20(15)10-13-11-24-16-5-3-4-6-17(16)25-13/h3-9,13H,2,10-11H2,1H3/t13-/m1/s1. The van der Waals surface area contributed by atoms with Crippen LogP contribution in [-0.4, -0.2) is 37.6 Å². The molecule has 0 saturated carbocycles. The van der Waals surface area contributed by atoms with E-state index in [0.29, 0.717) is 41.7 Å². The molecular formula is C19H17NO5. The van der Waals surface area contributed by atoms with Gasteiger partial charge in [-0.05, 0) is 37.3 Å². The van der Waals surface area contributed by atoms with Crippen LogP contribution >= 0.6 is 0 Å². The number of nitrogens with zero attached hydrogens (tertiary/aromatic N) is 1. The van der Waals surface area contributed by atoms with Gasteiger partial charge in [0.25, 0.3) is 11.7 Å². The Morgan fingerprint density at radius 2 is 1.96 bits per heavy atom. The lowest BCUT2D eigenvalue weighted by Crippen LogP contribution is -2.43. The molecule has 0 radical (unpaired) electrons. The molecule has 25 heavy (non-hydrogen) atoms. The molecule has 0 unspecified atom stereocenters. The largest absolute Gasteiger partial charge is 0.494 e. The third-order valence-electron chi connectivity index (χ3n) is 4.21. The van der Waals surface area contributed by atoms with Gasteiger partial charge in [0.05, 0.1) is 24.4 Å². The number of ketones is 1. The Balaban J connectivity index is 1.56. The number of Topliss-reactive ketones (excluding diaryl/α,β-unsaturated/α-hetero) is 1. The second-order valence-electron chi connectivity index (χ2n) is 5.85. The Hall–Kier alpha value is -3.02. The Labute approximate surface area is 144 Å². The highest BCUT2D eigenvalue weighted by Gasteiger charge is 2.38. The predicted octanol–water partition coefficient (Wildman–Crippen LogP) is 2.45. The van der Waals surface area contributed by atoms with E-state index >= 15 is 0 Å². The van der Waals surface area contributed by atoms with Crippen LogP contribution in [0.25, 0.3) is 0 Å². The van der Waals surface area contributed by atoms with Crippen LogP contribution in [0.1, 0.15) is 17.3 Å². The molecule has 0 N–H and O–H groups in total. The van der Waals surface area contributed by atoms with Crippen LogP contribution in [0, 0.1) is 0 Å². The van der Waals surface area contributed by atoms with Gasteiger partial charge in [0, 0.05) is 0 Å². The van der Waals surface area contributed by atoms with Crippen molar-refractivity contribution in [3.8, 4) is 17.2 Å². The Morgan fingerprint density at radius 1 is 1.16 bits per heavy atom. The zero-order valence-electron chi connectivity index (χ0n) is 13.7. The number of hydrogen-bond donors (Lipinski definition) is 0. The Kier molecular flexibility index (Phi) is 3.80. The number of ether oxygens (including phenoxy) is 3. The maximum atomic E-state index is 12.4. The van der Waals surface area contributed by atoms with Gasteiger partial charge in [0.1, 0.15) is 12.4 Å². The third-order valence-corrected chi connectivity index (χ3v) is 4.21. The van der Waals surface area contributed by atoms with Gasteiger partial charge in [-0.2, -0.15) is 0 Å². The van der Waals surface area contributed by atoms with Crippen molar-refractivity contribution in [3.63, 3.8) is 0 Å². The van der Waals surface area contributed by atoms with E-state index in [4.69, 9.17) is 14.2 Å². The van der Waals surface area contributed by atoms with Crippen molar-refractivity contribution in [2.45, 2.75) is 13.0 Å². The number of rotatable bonds is 4. The summed E-state index contributed by atoms with van der Waals surface area (Å²) in [6.07, 6.45) is -0.343. The fraction of sp³-hybridized carbons (Fsp3) is 0.263. The summed E-state index contributed by atoms with van der Waals surface area (Å²) in [4.78, 5) is 26.1. The maximum Gasteiger partial charge on any atom is 0.299 e. The lowest BCUT2D eigenvalue weighted by Gasteiger charge is -2.29. The van der Waals surface area contributed by atoms with Crippen LogP contribution in [0.4, 0.5) is 5.69 Å². The lowest BCUT2D eigenvalue weighted by molar-refractivity contribution is -0.114. The summed E-state index contributed by atoms with van der Waals surface area (Å²) in [5.74, 6) is 0.836. The molecule has 128 valence electrons. The molecule has 0 bridgehead atoms. The van der Waals surface area contributed by atoms with Gasteiger partial charge in [0.2, 0.25) is 0 Å². The summed E-state index contributed by atoms with van der Waals surface area (Å²) in [5.41, 5.74) is 0.953. The zero-order valence-corrected chi connectivity index (χ0v) is 13.7. The predicted molar refractivity (Wildman–Crippen MR) is 90.6 cm³/mol.